The van der Waals surface area contributed by atoms with E-state index in [-0.39, 0.29) is 88.5 Å². The molecule has 0 aromatic carbocycles. The van der Waals surface area contributed by atoms with Gasteiger partial charge in [0, 0.05) is 38.5 Å². The summed E-state index contributed by atoms with van der Waals surface area (Å²) >= 11 is 0. The Morgan fingerprint density at radius 1 is 0.846 bits per heavy atom. The first-order valence-corrected chi connectivity index (χ1v) is 14.9. The van der Waals surface area contributed by atoms with Crippen molar-refractivity contribution in [3.8, 4) is 0 Å². The van der Waals surface area contributed by atoms with Crippen molar-refractivity contribution in [1.29, 1.82) is 0 Å². The number of methoxy groups -OCH3 is 1. The first kappa shape index (κ1) is 29.9. The van der Waals surface area contributed by atoms with Crippen molar-refractivity contribution in [2.75, 3.05) is 7.11 Å². The molecule has 39 heavy (non-hydrogen) atoms. The molecule has 0 bridgehead atoms. The van der Waals surface area contributed by atoms with Crippen molar-refractivity contribution in [3.05, 3.63) is 0 Å². The van der Waals surface area contributed by atoms with Gasteiger partial charge in [-0.2, -0.15) is 0 Å². The lowest BCUT2D eigenvalue weighted by Gasteiger charge is -2.64. The summed E-state index contributed by atoms with van der Waals surface area (Å²) in [6, 6.07) is 0. The highest BCUT2D eigenvalue weighted by Crippen LogP contribution is 2.69. The van der Waals surface area contributed by atoms with Crippen LogP contribution in [0.2, 0.25) is 0 Å². The lowest BCUT2D eigenvalue weighted by molar-refractivity contribution is -0.224. The summed E-state index contributed by atoms with van der Waals surface area (Å²) in [5.74, 6) is 0.438. The fraction of sp³-hybridized carbons (Fsp3) is 0.871. The van der Waals surface area contributed by atoms with Crippen molar-refractivity contribution < 1.29 is 38.1 Å². The number of carbonyl (C=O) groups excluding carboxylic acids is 4. The van der Waals surface area contributed by atoms with Crippen LogP contribution >= 0.6 is 0 Å². The molecule has 4 aliphatic carbocycles. The minimum atomic E-state index is -0.279. The largest absolute Gasteiger partial charge is 0.469 e. The second kappa shape index (κ2) is 11.4. The van der Waals surface area contributed by atoms with Gasteiger partial charge in [-0.15, -0.1) is 0 Å². The van der Waals surface area contributed by atoms with Crippen LogP contribution in [-0.2, 0) is 38.1 Å². The monoisotopic (exact) mass is 548 g/mol. The summed E-state index contributed by atoms with van der Waals surface area (Å²) < 4.78 is 22.8. The molecule has 0 N–H and O–H groups in total. The maximum absolute atomic E-state index is 12.5. The minimum Gasteiger partial charge on any atom is -0.469 e. The zero-order valence-electron chi connectivity index (χ0n) is 24.8. The summed E-state index contributed by atoms with van der Waals surface area (Å²) in [5.41, 5.74) is -0.300. The molecule has 0 saturated heterocycles. The number of carbonyl (C=O) groups is 4. The number of fused-ring (bicyclic) bond motifs is 5. The van der Waals surface area contributed by atoms with E-state index < -0.39 is 0 Å². The number of ether oxygens (including phenoxy) is 4. The van der Waals surface area contributed by atoms with Gasteiger partial charge in [-0.3, -0.25) is 19.2 Å². The highest BCUT2D eigenvalue weighted by atomic mass is 16.6. The van der Waals surface area contributed by atoms with Crippen molar-refractivity contribution in [1.82, 2.24) is 0 Å². The van der Waals surface area contributed by atoms with Gasteiger partial charge in [0.05, 0.1) is 7.11 Å². The van der Waals surface area contributed by atoms with E-state index >= 15 is 0 Å². The lowest BCUT2D eigenvalue weighted by Crippen LogP contribution is -2.63. The van der Waals surface area contributed by atoms with E-state index in [2.05, 4.69) is 20.8 Å². The number of esters is 4. The zero-order valence-corrected chi connectivity index (χ0v) is 24.8. The van der Waals surface area contributed by atoms with Gasteiger partial charge in [0.1, 0.15) is 18.3 Å². The average Bonchev–Trinajstić information content (AvgIpc) is 3.20. The van der Waals surface area contributed by atoms with Crippen molar-refractivity contribution in [2.24, 2.45) is 46.3 Å². The fourth-order valence-electron chi connectivity index (χ4n) is 9.77. The molecule has 4 saturated carbocycles. The smallest absolute Gasteiger partial charge is 0.305 e. The van der Waals surface area contributed by atoms with Crippen molar-refractivity contribution in [2.45, 2.75) is 118 Å². The van der Waals surface area contributed by atoms with Crippen LogP contribution in [0.4, 0.5) is 0 Å². The molecular weight excluding hydrogens is 500 g/mol. The number of hydrogen-bond donors (Lipinski definition) is 0. The summed E-state index contributed by atoms with van der Waals surface area (Å²) in [6.45, 7) is 11.3. The van der Waals surface area contributed by atoms with Gasteiger partial charge in [0.25, 0.3) is 0 Å². The molecule has 8 heteroatoms. The average molecular weight is 549 g/mol. The third kappa shape index (κ3) is 5.58. The molecule has 0 unspecified atom stereocenters. The molecule has 4 rings (SSSR count). The summed E-state index contributed by atoms with van der Waals surface area (Å²) in [4.78, 5) is 48.5. The van der Waals surface area contributed by atoms with Crippen LogP contribution in [0.5, 0.6) is 0 Å². The molecule has 220 valence electrons. The van der Waals surface area contributed by atoms with Crippen LogP contribution in [0, 0.1) is 46.3 Å². The van der Waals surface area contributed by atoms with Crippen LogP contribution in [-0.4, -0.2) is 49.3 Å². The van der Waals surface area contributed by atoms with Gasteiger partial charge in [0.2, 0.25) is 0 Å². The zero-order chi connectivity index (χ0) is 28.7. The second-order valence-electron chi connectivity index (χ2n) is 13.4. The molecule has 8 nitrogen and oxygen atoms in total. The van der Waals surface area contributed by atoms with Crippen molar-refractivity contribution >= 4 is 23.9 Å². The van der Waals surface area contributed by atoms with Gasteiger partial charge in [0.15, 0.2) is 0 Å². The molecule has 11 atom stereocenters. The van der Waals surface area contributed by atoms with Crippen LogP contribution in [0.3, 0.4) is 0 Å². The summed E-state index contributed by atoms with van der Waals surface area (Å²) in [7, 11) is 1.42. The Labute approximate surface area is 233 Å². The van der Waals surface area contributed by atoms with Crippen LogP contribution in [0.25, 0.3) is 0 Å². The Balaban J connectivity index is 1.70. The third-order valence-electron chi connectivity index (χ3n) is 11.4. The molecule has 4 fully saturated rings. The molecule has 0 amide bonds. The van der Waals surface area contributed by atoms with E-state index in [0.29, 0.717) is 6.42 Å². The van der Waals surface area contributed by atoms with E-state index in [4.69, 9.17) is 18.9 Å². The number of hydrogen-bond acceptors (Lipinski definition) is 8. The van der Waals surface area contributed by atoms with Crippen LogP contribution in [0.1, 0.15) is 99.3 Å². The van der Waals surface area contributed by atoms with E-state index in [1.807, 2.05) is 0 Å². The first-order valence-electron chi connectivity index (χ1n) is 14.9. The van der Waals surface area contributed by atoms with Gasteiger partial charge in [-0.05, 0) is 86.4 Å². The van der Waals surface area contributed by atoms with E-state index in [1.165, 1.54) is 27.9 Å². The molecule has 0 heterocycles. The Hall–Kier alpha value is -2.12. The molecule has 0 spiro atoms. The van der Waals surface area contributed by atoms with Crippen LogP contribution in [0.15, 0.2) is 0 Å². The summed E-state index contributed by atoms with van der Waals surface area (Å²) in [6.07, 6.45) is 6.53. The van der Waals surface area contributed by atoms with Gasteiger partial charge in [-0.25, -0.2) is 0 Å². The predicted molar refractivity (Wildman–Crippen MR) is 143 cm³/mol. The number of rotatable bonds is 7. The quantitative estimate of drug-likeness (QED) is 0.314. The van der Waals surface area contributed by atoms with E-state index in [9.17, 15) is 19.2 Å². The third-order valence-corrected chi connectivity index (χ3v) is 11.4. The van der Waals surface area contributed by atoms with E-state index in [0.717, 1.165) is 51.4 Å². The predicted octanol–water partition coefficient (Wildman–Crippen LogP) is 5.25. The molecule has 0 aromatic rings. The fourth-order valence-corrected chi connectivity index (χ4v) is 9.77. The molecule has 0 radical (unpaired) electrons. The summed E-state index contributed by atoms with van der Waals surface area (Å²) in [5, 5.41) is 0. The van der Waals surface area contributed by atoms with Crippen molar-refractivity contribution in [3.63, 3.8) is 0 Å². The van der Waals surface area contributed by atoms with E-state index in [1.54, 1.807) is 0 Å². The minimum absolute atomic E-state index is 0.0215. The SMILES string of the molecule is COC(=O)CC[C@@H](C)[C@H]1CC[C@H]2[C@@H]3[C@H](OC(C)=O)C[C@@H]4C[C@@H](OC(C)=O)CC[C@]4(C)[C@H]3C[C@H](OC(C)=O)[C@]12C. The van der Waals surface area contributed by atoms with Gasteiger partial charge in [-0.1, -0.05) is 20.8 Å². The normalized spacial score (nSPS) is 41.7. The Kier molecular flexibility index (Phi) is 8.73. The maximum atomic E-state index is 12.5. The topological polar surface area (TPSA) is 105 Å². The maximum Gasteiger partial charge on any atom is 0.305 e. The lowest BCUT2D eigenvalue weighted by atomic mass is 9.43. The Morgan fingerprint density at radius 3 is 2.13 bits per heavy atom. The molecule has 4 aliphatic rings. The molecule has 0 aliphatic heterocycles. The second-order valence-corrected chi connectivity index (χ2v) is 13.4. The van der Waals surface area contributed by atoms with Crippen LogP contribution < -0.4 is 0 Å². The highest BCUT2D eigenvalue weighted by molar-refractivity contribution is 5.69. The van der Waals surface area contributed by atoms with Gasteiger partial charge < -0.3 is 18.9 Å². The highest BCUT2D eigenvalue weighted by Gasteiger charge is 2.67. The molecule has 0 aromatic heterocycles. The molecular formula is C31H48O8. The Bertz CT molecular complexity index is 962. The van der Waals surface area contributed by atoms with Gasteiger partial charge >= 0.3 is 23.9 Å². The Morgan fingerprint density at radius 2 is 1.51 bits per heavy atom. The standard InChI is InChI=1S/C31H48O8/c1-17(8-11-28(35)36-7)23-9-10-24-29-25(16-27(31(23,24)6)39-20(4)34)30(5)13-12-22(37-18(2)32)14-21(30)15-26(29)38-19(3)33/h17,21-27,29H,8-16H2,1-7H3/t17-,21+,22+,23-,24+,25+,26-,27+,29+,30+,31-/m1/s1. The first-order chi connectivity index (χ1) is 18.3.